The Hall–Kier alpha value is -2.23. The monoisotopic (exact) mass is 378 g/mol. The lowest BCUT2D eigenvalue weighted by atomic mass is 9.94. The number of carbonyl (C=O) groups excluding carboxylic acids is 3. The third kappa shape index (κ3) is 2.86. The summed E-state index contributed by atoms with van der Waals surface area (Å²) in [6.45, 7) is 0.959. The van der Waals surface area contributed by atoms with E-state index in [1.807, 2.05) is 0 Å². The van der Waals surface area contributed by atoms with E-state index in [1.165, 1.54) is 0 Å². The van der Waals surface area contributed by atoms with Gasteiger partial charge in [-0.15, -0.1) is 0 Å². The highest BCUT2D eigenvalue weighted by molar-refractivity contribution is 9.10. The fourth-order valence-corrected chi connectivity index (χ4v) is 2.35. The van der Waals surface area contributed by atoms with Crippen LogP contribution in [0.3, 0.4) is 0 Å². The van der Waals surface area contributed by atoms with Gasteiger partial charge in [-0.05, 0) is 12.1 Å². The number of hydrogen-bond acceptors (Lipinski definition) is 5. The van der Waals surface area contributed by atoms with Crippen molar-refractivity contribution in [3.63, 3.8) is 0 Å². The number of nitrogens with one attached hydrogen (secondary N) is 1. The number of carbonyl (C=O) groups is 3. The van der Waals surface area contributed by atoms with Gasteiger partial charge in [0.15, 0.2) is 0 Å². The zero-order valence-corrected chi connectivity index (χ0v) is 12.3. The Morgan fingerprint density at radius 1 is 1.32 bits per heavy atom. The number of fused-ring (bicyclic) bond motifs is 1. The summed E-state index contributed by atoms with van der Waals surface area (Å²) < 4.78 is 39.0. The van der Waals surface area contributed by atoms with Crippen LogP contribution in [0.5, 0.6) is 0 Å². The van der Waals surface area contributed by atoms with Gasteiger partial charge >= 0.3 is 12.1 Å². The number of anilines is 1. The number of hydrogen-bond donors (Lipinski definition) is 1. The molecule has 2 rings (SSSR count). The minimum atomic E-state index is -4.84. The van der Waals surface area contributed by atoms with Crippen LogP contribution in [0.1, 0.15) is 22.8 Å². The van der Waals surface area contributed by atoms with Crippen LogP contribution >= 0.6 is 15.9 Å². The van der Waals surface area contributed by atoms with Crippen molar-refractivity contribution >= 4 is 45.0 Å². The second-order valence-electron chi connectivity index (χ2n) is 4.15. The molecule has 6 nitrogen and oxygen atoms in total. The molecule has 1 aliphatic heterocycles. The Bertz CT molecular complexity index is 728. The molecule has 1 N–H and O–H groups in total. The van der Waals surface area contributed by atoms with Crippen LogP contribution in [0.25, 0.3) is 0 Å². The lowest BCUT2D eigenvalue weighted by Crippen LogP contribution is -2.37. The molecule has 1 amide bonds. The molecule has 0 aliphatic carbocycles. The first-order chi connectivity index (χ1) is 10.1. The third-order valence-corrected chi connectivity index (χ3v) is 3.27. The molecule has 0 saturated carbocycles. The molecular formula is C12H6BrF3N2O4. The van der Waals surface area contributed by atoms with Crippen LogP contribution in [-0.4, -0.2) is 23.4 Å². The van der Waals surface area contributed by atoms with Crippen molar-refractivity contribution in [2.45, 2.75) is 13.1 Å². The third-order valence-electron chi connectivity index (χ3n) is 2.61. The van der Waals surface area contributed by atoms with Gasteiger partial charge in [0.05, 0.1) is 16.8 Å². The Labute approximate surface area is 129 Å². The van der Waals surface area contributed by atoms with Crippen molar-refractivity contribution in [3.8, 4) is 0 Å². The Balaban J connectivity index is 2.65. The molecule has 1 aliphatic rings. The Morgan fingerprint density at radius 2 is 1.95 bits per heavy atom. The van der Waals surface area contributed by atoms with Gasteiger partial charge in [-0.2, -0.15) is 13.2 Å². The molecule has 116 valence electrons. The minimum Gasteiger partial charge on any atom is -0.320 e. The van der Waals surface area contributed by atoms with Crippen molar-refractivity contribution in [1.82, 2.24) is 0 Å². The summed E-state index contributed by atoms with van der Waals surface area (Å²) in [6, 6.07) is 2.20. The maximum atomic E-state index is 13.1. The number of ketones is 1. The van der Waals surface area contributed by atoms with E-state index in [1.54, 1.807) is 0 Å². The van der Waals surface area contributed by atoms with Crippen LogP contribution in [0.4, 0.5) is 18.9 Å². The topological polar surface area (TPSA) is 84.8 Å². The molecule has 0 aromatic heterocycles. The molecular weight excluding hydrogens is 373 g/mol. The highest BCUT2D eigenvalue weighted by Crippen LogP contribution is 2.41. The van der Waals surface area contributed by atoms with E-state index >= 15 is 0 Å². The van der Waals surface area contributed by atoms with E-state index in [0.717, 1.165) is 19.1 Å². The summed E-state index contributed by atoms with van der Waals surface area (Å²) in [5, 5.41) is 5.12. The van der Waals surface area contributed by atoms with Crippen molar-refractivity contribution < 1.29 is 32.4 Å². The lowest BCUT2D eigenvalue weighted by Gasteiger charge is -2.21. The number of rotatable bonds is 1. The van der Waals surface area contributed by atoms with Crippen molar-refractivity contribution in [2.24, 2.45) is 5.16 Å². The predicted molar refractivity (Wildman–Crippen MR) is 71.3 cm³/mol. The summed E-state index contributed by atoms with van der Waals surface area (Å²) in [4.78, 5) is 38.7. The van der Waals surface area contributed by atoms with Crippen molar-refractivity contribution in [3.05, 3.63) is 27.7 Å². The number of benzene rings is 1. The van der Waals surface area contributed by atoms with Gasteiger partial charge in [0.25, 0.3) is 5.91 Å². The molecule has 0 unspecified atom stereocenters. The first kappa shape index (κ1) is 16.1. The van der Waals surface area contributed by atoms with Gasteiger partial charge in [-0.3, -0.25) is 9.59 Å². The molecule has 1 aromatic carbocycles. The zero-order valence-electron chi connectivity index (χ0n) is 10.7. The van der Waals surface area contributed by atoms with Crippen LogP contribution in [0.2, 0.25) is 0 Å². The fourth-order valence-electron chi connectivity index (χ4n) is 1.79. The largest absolute Gasteiger partial charge is 0.418 e. The maximum absolute atomic E-state index is 13.1. The number of Topliss-reactive ketones (excluding diaryl/α,β-unsaturated/α-hetero) is 1. The molecule has 10 heteroatoms. The number of alkyl halides is 3. The average Bonchev–Trinajstić information content (AvgIpc) is 2.37. The van der Waals surface area contributed by atoms with Gasteiger partial charge in [-0.25, -0.2) is 4.79 Å². The SMILES string of the molecule is CC(=O)ON=C1C(=O)Nc2ccc(Br)c(C(F)(F)F)c2C1=O. The second-order valence-corrected chi connectivity index (χ2v) is 5.00. The molecule has 0 atom stereocenters. The number of halogens is 4. The van der Waals surface area contributed by atoms with Gasteiger partial charge in [0.1, 0.15) is 0 Å². The molecule has 1 aromatic rings. The lowest BCUT2D eigenvalue weighted by molar-refractivity contribution is -0.141. The number of nitrogens with zero attached hydrogens (tertiary/aromatic N) is 1. The predicted octanol–water partition coefficient (Wildman–Crippen LogP) is 2.52. The summed E-state index contributed by atoms with van der Waals surface area (Å²) in [5.41, 5.74) is -3.25. The molecule has 0 saturated heterocycles. The summed E-state index contributed by atoms with van der Waals surface area (Å²) in [5.74, 6) is -3.27. The quantitative estimate of drug-likeness (QED) is 0.601. The van der Waals surface area contributed by atoms with E-state index in [2.05, 4.69) is 31.2 Å². The van der Waals surface area contributed by atoms with Crippen LogP contribution < -0.4 is 5.32 Å². The van der Waals surface area contributed by atoms with Gasteiger partial charge < -0.3 is 10.2 Å². The van der Waals surface area contributed by atoms with Gasteiger partial charge in [0.2, 0.25) is 11.5 Å². The molecule has 0 spiro atoms. The van der Waals surface area contributed by atoms with Crippen LogP contribution in [-0.2, 0) is 20.6 Å². The minimum absolute atomic E-state index is 0.299. The van der Waals surface area contributed by atoms with E-state index in [4.69, 9.17) is 0 Å². The van der Waals surface area contributed by atoms with E-state index < -0.39 is 40.7 Å². The zero-order chi connectivity index (χ0) is 16.7. The molecule has 1 heterocycles. The summed E-state index contributed by atoms with van der Waals surface area (Å²) >= 11 is 2.73. The Kier molecular flexibility index (Phi) is 4.05. The highest BCUT2D eigenvalue weighted by Gasteiger charge is 2.43. The highest BCUT2D eigenvalue weighted by atomic mass is 79.9. The van der Waals surface area contributed by atoms with Crippen molar-refractivity contribution in [1.29, 1.82) is 0 Å². The maximum Gasteiger partial charge on any atom is 0.418 e. The molecule has 22 heavy (non-hydrogen) atoms. The average molecular weight is 379 g/mol. The number of oxime groups is 1. The first-order valence-corrected chi connectivity index (χ1v) is 6.43. The van der Waals surface area contributed by atoms with Crippen LogP contribution in [0, 0.1) is 0 Å². The summed E-state index contributed by atoms with van der Waals surface area (Å²) in [7, 11) is 0. The van der Waals surface area contributed by atoms with E-state index in [0.29, 0.717) is 0 Å². The normalized spacial score (nSPS) is 16.3. The fraction of sp³-hybridized carbons (Fsp3) is 0.167. The van der Waals surface area contributed by atoms with Crippen molar-refractivity contribution in [2.75, 3.05) is 5.32 Å². The molecule has 0 fully saturated rings. The summed E-state index contributed by atoms with van der Waals surface area (Å²) in [6.07, 6.45) is -4.84. The van der Waals surface area contributed by atoms with E-state index in [9.17, 15) is 27.6 Å². The van der Waals surface area contributed by atoms with Gasteiger partial charge in [-0.1, -0.05) is 21.1 Å². The standard InChI is InChI=1S/C12H6BrF3N2O4/c1-4(19)22-18-9-10(20)7-6(17-11(9)21)3-2-5(13)8(7)12(14,15)16/h2-3H,1H3,(H,17,21). The van der Waals surface area contributed by atoms with Crippen LogP contribution in [0.15, 0.2) is 21.8 Å². The number of amides is 1. The smallest absolute Gasteiger partial charge is 0.320 e. The van der Waals surface area contributed by atoms with Gasteiger partial charge in [0, 0.05) is 11.4 Å². The van der Waals surface area contributed by atoms with E-state index in [-0.39, 0.29) is 10.2 Å². The first-order valence-electron chi connectivity index (χ1n) is 5.64. The second kappa shape index (κ2) is 5.52. The molecule has 0 radical (unpaired) electrons. The Morgan fingerprint density at radius 3 is 2.50 bits per heavy atom. The molecule has 0 bridgehead atoms.